The van der Waals surface area contributed by atoms with Gasteiger partial charge in [-0.15, -0.1) is 11.8 Å². The van der Waals surface area contributed by atoms with Crippen molar-refractivity contribution in [3.63, 3.8) is 0 Å². The van der Waals surface area contributed by atoms with Crippen LogP contribution in [-0.2, 0) is 9.53 Å². The number of rotatable bonds is 5. The van der Waals surface area contributed by atoms with Gasteiger partial charge in [0.2, 0.25) is 0 Å². The Bertz CT molecular complexity index is 623. The number of amides is 2. The Balaban J connectivity index is 2.31. The minimum absolute atomic E-state index is 0.255. The van der Waals surface area contributed by atoms with Gasteiger partial charge < -0.3 is 15.4 Å². The Morgan fingerprint density at radius 1 is 1.30 bits per heavy atom. The number of nitrogens with one attached hydrogen (secondary N) is 2. The molecule has 2 rings (SSSR count). The Morgan fingerprint density at radius 3 is 2.52 bits per heavy atom. The first-order chi connectivity index (χ1) is 10.9. The molecule has 1 aromatic carbocycles. The highest BCUT2D eigenvalue weighted by atomic mass is 32.2. The quantitative estimate of drug-likeness (QED) is 0.641. The molecule has 124 valence electrons. The number of esters is 1. The van der Waals surface area contributed by atoms with Gasteiger partial charge in [0, 0.05) is 10.6 Å². The summed E-state index contributed by atoms with van der Waals surface area (Å²) in [7, 11) is 0. The Kier molecular flexibility index (Phi) is 5.71. The minimum atomic E-state index is -0.501. The molecule has 0 fully saturated rings. The van der Waals surface area contributed by atoms with Crippen molar-refractivity contribution >= 4 is 23.8 Å². The molecule has 0 unspecified atom stereocenters. The van der Waals surface area contributed by atoms with Gasteiger partial charge in [-0.2, -0.15) is 0 Å². The van der Waals surface area contributed by atoms with Crippen molar-refractivity contribution in [1.82, 2.24) is 10.6 Å². The first-order valence-corrected chi connectivity index (χ1v) is 8.74. The molecule has 1 atom stereocenters. The maximum atomic E-state index is 12.5. The summed E-state index contributed by atoms with van der Waals surface area (Å²) in [6.07, 6.45) is 2.00. The van der Waals surface area contributed by atoms with Crippen LogP contribution >= 0.6 is 11.8 Å². The molecule has 0 aromatic heterocycles. The van der Waals surface area contributed by atoms with Gasteiger partial charge in [-0.3, -0.25) is 0 Å². The second-order valence-corrected chi connectivity index (χ2v) is 6.72. The average Bonchev–Trinajstić information content (AvgIpc) is 2.52. The van der Waals surface area contributed by atoms with Gasteiger partial charge in [0.1, 0.15) is 0 Å². The summed E-state index contributed by atoms with van der Waals surface area (Å²) in [6, 6.07) is 6.97. The van der Waals surface area contributed by atoms with Gasteiger partial charge in [0.05, 0.1) is 18.2 Å². The summed E-state index contributed by atoms with van der Waals surface area (Å²) in [5.41, 5.74) is 1.83. The zero-order valence-electron chi connectivity index (χ0n) is 13.8. The topological polar surface area (TPSA) is 67.4 Å². The molecule has 5 nitrogen and oxygen atoms in total. The lowest BCUT2D eigenvalue weighted by Gasteiger charge is -2.28. The van der Waals surface area contributed by atoms with E-state index in [1.54, 1.807) is 18.7 Å². The normalized spacial score (nSPS) is 17.8. The highest BCUT2D eigenvalue weighted by Gasteiger charge is 2.32. The molecular weight excluding hydrogens is 312 g/mol. The molecule has 0 bridgehead atoms. The number of carbonyl (C=O) groups excluding carboxylic acids is 2. The van der Waals surface area contributed by atoms with E-state index < -0.39 is 12.0 Å². The van der Waals surface area contributed by atoms with Crippen molar-refractivity contribution in [2.75, 3.05) is 12.9 Å². The summed E-state index contributed by atoms with van der Waals surface area (Å²) in [6.45, 7) is 6.03. The number of urea groups is 1. The molecule has 1 aromatic rings. The van der Waals surface area contributed by atoms with E-state index in [2.05, 4.69) is 10.6 Å². The average molecular weight is 334 g/mol. The number of hydrogen-bond donors (Lipinski definition) is 2. The third kappa shape index (κ3) is 4.28. The highest BCUT2D eigenvalue weighted by molar-refractivity contribution is 7.98. The number of allylic oxidation sites excluding steroid dienone is 1. The van der Waals surface area contributed by atoms with Crippen LogP contribution in [0.15, 0.2) is 40.4 Å². The predicted octanol–water partition coefficient (Wildman–Crippen LogP) is 3.24. The third-order valence-electron chi connectivity index (χ3n) is 3.49. The van der Waals surface area contributed by atoms with Crippen molar-refractivity contribution in [2.24, 2.45) is 5.92 Å². The van der Waals surface area contributed by atoms with E-state index in [1.807, 2.05) is 44.4 Å². The maximum absolute atomic E-state index is 12.5. The summed E-state index contributed by atoms with van der Waals surface area (Å²) in [5, 5.41) is 5.45. The van der Waals surface area contributed by atoms with Gasteiger partial charge in [0.25, 0.3) is 0 Å². The predicted molar refractivity (Wildman–Crippen MR) is 91.1 cm³/mol. The maximum Gasteiger partial charge on any atom is 0.338 e. The van der Waals surface area contributed by atoms with Crippen LogP contribution in [0, 0.1) is 5.92 Å². The fourth-order valence-electron chi connectivity index (χ4n) is 2.33. The van der Waals surface area contributed by atoms with Crippen LogP contribution in [-0.4, -0.2) is 24.9 Å². The van der Waals surface area contributed by atoms with Crippen molar-refractivity contribution in [3.8, 4) is 0 Å². The van der Waals surface area contributed by atoms with Crippen LogP contribution in [0.1, 0.15) is 32.4 Å². The molecule has 2 N–H and O–H groups in total. The molecule has 0 spiro atoms. The standard InChI is InChI=1S/C17H22N2O3S/c1-10(2)9-22-16(20)14-11(3)18-17(21)19-15(14)12-5-7-13(23-4)8-6-12/h5-8,10,15H,9H2,1-4H3,(H2,18,19,21)/t15-/m1/s1. The Hall–Kier alpha value is -1.95. The first kappa shape index (κ1) is 17.4. The molecule has 1 heterocycles. The zero-order chi connectivity index (χ0) is 17.0. The second kappa shape index (κ2) is 7.55. The molecule has 2 amide bonds. The molecule has 1 aliphatic heterocycles. The van der Waals surface area contributed by atoms with Crippen LogP contribution in [0.4, 0.5) is 4.79 Å². The van der Waals surface area contributed by atoms with E-state index in [9.17, 15) is 9.59 Å². The van der Waals surface area contributed by atoms with Gasteiger partial charge in [-0.05, 0) is 36.8 Å². The van der Waals surface area contributed by atoms with Crippen molar-refractivity contribution in [3.05, 3.63) is 41.1 Å². The second-order valence-electron chi connectivity index (χ2n) is 5.84. The van der Waals surface area contributed by atoms with Crippen molar-refractivity contribution < 1.29 is 14.3 Å². The largest absolute Gasteiger partial charge is 0.462 e. The lowest BCUT2D eigenvalue weighted by atomic mass is 9.95. The van der Waals surface area contributed by atoms with Gasteiger partial charge in [0.15, 0.2) is 0 Å². The number of thioether (sulfide) groups is 1. The zero-order valence-corrected chi connectivity index (χ0v) is 14.6. The fraction of sp³-hybridized carbons (Fsp3) is 0.412. The van der Waals surface area contributed by atoms with Crippen molar-refractivity contribution in [1.29, 1.82) is 0 Å². The molecule has 0 radical (unpaired) electrons. The lowest BCUT2D eigenvalue weighted by Crippen LogP contribution is -2.45. The molecule has 0 saturated heterocycles. The van der Waals surface area contributed by atoms with Crippen LogP contribution in [0.5, 0.6) is 0 Å². The van der Waals surface area contributed by atoms with Crippen LogP contribution in [0.25, 0.3) is 0 Å². The number of carbonyl (C=O) groups is 2. The van der Waals surface area contributed by atoms with Crippen LogP contribution in [0.3, 0.4) is 0 Å². The van der Waals surface area contributed by atoms with E-state index in [0.717, 1.165) is 10.5 Å². The SMILES string of the molecule is CSc1ccc([C@H]2NC(=O)NC(C)=C2C(=O)OCC(C)C)cc1. The molecule has 0 saturated carbocycles. The summed E-state index contributed by atoms with van der Waals surface area (Å²) in [4.78, 5) is 25.4. The van der Waals surface area contributed by atoms with Gasteiger partial charge in [-0.1, -0.05) is 26.0 Å². The molecule has 6 heteroatoms. The van der Waals surface area contributed by atoms with Gasteiger partial charge in [-0.25, -0.2) is 9.59 Å². The van der Waals surface area contributed by atoms with E-state index >= 15 is 0 Å². The van der Waals surface area contributed by atoms with E-state index in [-0.39, 0.29) is 11.9 Å². The highest BCUT2D eigenvalue weighted by Crippen LogP contribution is 2.29. The summed E-state index contributed by atoms with van der Waals surface area (Å²) < 4.78 is 5.35. The van der Waals surface area contributed by atoms with E-state index in [1.165, 1.54) is 0 Å². The van der Waals surface area contributed by atoms with Crippen molar-refractivity contribution in [2.45, 2.75) is 31.7 Å². The monoisotopic (exact) mass is 334 g/mol. The van der Waals surface area contributed by atoms with E-state index in [4.69, 9.17) is 4.74 Å². The molecule has 0 aliphatic carbocycles. The number of ether oxygens (including phenoxy) is 1. The number of hydrogen-bond acceptors (Lipinski definition) is 4. The van der Waals surface area contributed by atoms with Gasteiger partial charge >= 0.3 is 12.0 Å². The summed E-state index contributed by atoms with van der Waals surface area (Å²) in [5.74, 6) is -0.145. The first-order valence-electron chi connectivity index (χ1n) is 7.51. The van der Waals surface area contributed by atoms with E-state index in [0.29, 0.717) is 17.9 Å². The minimum Gasteiger partial charge on any atom is -0.462 e. The lowest BCUT2D eigenvalue weighted by molar-refractivity contribution is -0.140. The fourth-order valence-corrected chi connectivity index (χ4v) is 2.74. The molecule has 23 heavy (non-hydrogen) atoms. The van der Waals surface area contributed by atoms with Crippen LogP contribution < -0.4 is 10.6 Å². The third-order valence-corrected chi connectivity index (χ3v) is 4.23. The Morgan fingerprint density at radius 2 is 1.96 bits per heavy atom. The summed E-state index contributed by atoms with van der Waals surface area (Å²) >= 11 is 1.64. The molecule has 1 aliphatic rings. The Labute approximate surface area is 140 Å². The number of benzene rings is 1. The smallest absolute Gasteiger partial charge is 0.338 e. The van der Waals surface area contributed by atoms with Crippen LogP contribution in [0.2, 0.25) is 0 Å². The molecular formula is C17H22N2O3S.